The SMILES string of the molecule is CCCCCCCCOP(C)(=O)CC. The molecule has 0 N–H and O–H groups in total. The van der Waals surface area contributed by atoms with E-state index in [0.717, 1.165) is 6.42 Å². The van der Waals surface area contributed by atoms with Gasteiger partial charge in [-0.3, -0.25) is 4.57 Å². The lowest BCUT2D eigenvalue weighted by Crippen LogP contribution is -1.94. The third kappa shape index (κ3) is 8.77. The molecule has 0 aliphatic heterocycles. The molecule has 0 heterocycles. The van der Waals surface area contributed by atoms with Crippen LogP contribution in [0.2, 0.25) is 0 Å². The van der Waals surface area contributed by atoms with Gasteiger partial charge < -0.3 is 4.52 Å². The third-order valence-corrected chi connectivity index (χ3v) is 4.31. The average molecular weight is 220 g/mol. The van der Waals surface area contributed by atoms with Gasteiger partial charge in [-0.05, 0) is 6.42 Å². The van der Waals surface area contributed by atoms with Gasteiger partial charge in [-0.1, -0.05) is 46.0 Å². The van der Waals surface area contributed by atoms with Gasteiger partial charge in [0.1, 0.15) is 0 Å². The van der Waals surface area contributed by atoms with Crippen molar-refractivity contribution in [3.63, 3.8) is 0 Å². The maximum atomic E-state index is 11.5. The third-order valence-electron chi connectivity index (χ3n) is 2.44. The Bertz CT molecular complexity index is 169. The second kappa shape index (κ2) is 8.49. The zero-order valence-electron chi connectivity index (χ0n) is 9.92. The molecule has 0 aromatic heterocycles. The predicted octanol–water partition coefficient (Wildman–Crippen LogP) is 4.29. The highest BCUT2D eigenvalue weighted by molar-refractivity contribution is 7.58. The number of unbranched alkanes of at least 4 members (excludes halogenated alkanes) is 5. The molecule has 0 spiro atoms. The van der Waals surface area contributed by atoms with Crippen molar-refractivity contribution in [2.45, 2.75) is 52.4 Å². The summed E-state index contributed by atoms with van der Waals surface area (Å²) in [4.78, 5) is 0. The van der Waals surface area contributed by atoms with Crippen LogP contribution in [0.4, 0.5) is 0 Å². The van der Waals surface area contributed by atoms with Gasteiger partial charge in [-0.15, -0.1) is 0 Å². The van der Waals surface area contributed by atoms with Crippen LogP contribution in [-0.4, -0.2) is 19.4 Å². The molecule has 0 aliphatic carbocycles. The Morgan fingerprint density at radius 3 is 2.14 bits per heavy atom. The van der Waals surface area contributed by atoms with Gasteiger partial charge in [0.15, 0.2) is 7.37 Å². The minimum atomic E-state index is -2.23. The largest absolute Gasteiger partial charge is 0.329 e. The van der Waals surface area contributed by atoms with Crippen LogP contribution in [0.1, 0.15) is 52.4 Å². The van der Waals surface area contributed by atoms with Crippen LogP contribution in [0.5, 0.6) is 0 Å². The van der Waals surface area contributed by atoms with Crippen LogP contribution in [0.25, 0.3) is 0 Å². The first kappa shape index (κ1) is 14.2. The number of hydrogen-bond acceptors (Lipinski definition) is 2. The molecule has 0 amide bonds. The van der Waals surface area contributed by atoms with Crippen LogP contribution in [0.15, 0.2) is 0 Å². The molecule has 0 radical (unpaired) electrons. The Kier molecular flexibility index (Phi) is 8.61. The number of rotatable bonds is 9. The van der Waals surface area contributed by atoms with Gasteiger partial charge in [0.05, 0.1) is 6.61 Å². The minimum absolute atomic E-state index is 0.656. The van der Waals surface area contributed by atoms with Crippen molar-refractivity contribution in [2.24, 2.45) is 0 Å². The van der Waals surface area contributed by atoms with E-state index in [4.69, 9.17) is 4.52 Å². The maximum absolute atomic E-state index is 11.5. The van der Waals surface area contributed by atoms with Gasteiger partial charge in [-0.25, -0.2) is 0 Å². The average Bonchev–Trinajstić information content (AvgIpc) is 2.16. The zero-order valence-corrected chi connectivity index (χ0v) is 10.8. The fraction of sp³-hybridized carbons (Fsp3) is 1.00. The molecule has 0 aromatic carbocycles. The molecule has 0 saturated carbocycles. The first-order chi connectivity index (χ1) is 6.62. The summed E-state index contributed by atoms with van der Waals surface area (Å²) in [7, 11) is -2.23. The first-order valence-corrected chi connectivity index (χ1v) is 8.09. The fourth-order valence-corrected chi connectivity index (χ4v) is 1.93. The van der Waals surface area contributed by atoms with Gasteiger partial charge in [-0.2, -0.15) is 0 Å². The van der Waals surface area contributed by atoms with Crippen molar-refractivity contribution in [2.75, 3.05) is 19.4 Å². The molecule has 2 nitrogen and oxygen atoms in total. The lowest BCUT2D eigenvalue weighted by molar-refractivity contribution is 0.305. The Balaban J connectivity index is 3.17. The van der Waals surface area contributed by atoms with Crippen molar-refractivity contribution in [1.29, 1.82) is 0 Å². The summed E-state index contributed by atoms with van der Waals surface area (Å²) in [6.45, 7) is 6.54. The molecule has 0 saturated heterocycles. The lowest BCUT2D eigenvalue weighted by atomic mass is 10.1. The summed E-state index contributed by atoms with van der Waals surface area (Å²) in [5.41, 5.74) is 0. The summed E-state index contributed by atoms with van der Waals surface area (Å²) >= 11 is 0. The van der Waals surface area contributed by atoms with Crippen molar-refractivity contribution < 1.29 is 9.09 Å². The van der Waals surface area contributed by atoms with Gasteiger partial charge in [0.2, 0.25) is 0 Å². The Labute approximate surface area is 88.9 Å². The van der Waals surface area contributed by atoms with Crippen LogP contribution < -0.4 is 0 Å². The van der Waals surface area contributed by atoms with Crippen LogP contribution in [0.3, 0.4) is 0 Å². The highest BCUT2D eigenvalue weighted by Crippen LogP contribution is 2.41. The van der Waals surface area contributed by atoms with Crippen molar-refractivity contribution in [3.05, 3.63) is 0 Å². The van der Waals surface area contributed by atoms with Gasteiger partial charge >= 0.3 is 0 Å². The van der Waals surface area contributed by atoms with Crippen molar-refractivity contribution in [1.82, 2.24) is 0 Å². The molecule has 0 bridgehead atoms. The van der Waals surface area contributed by atoms with E-state index >= 15 is 0 Å². The summed E-state index contributed by atoms with van der Waals surface area (Å²) < 4.78 is 16.8. The second-order valence-electron chi connectivity index (χ2n) is 3.93. The van der Waals surface area contributed by atoms with Crippen molar-refractivity contribution >= 4 is 7.37 Å². The predicted molar refractivity (Wildman–Crippen MR) is 63.4 cm³/mol. The van der Waals surface area contributed by atoms with Gasteiger partial charge in [0, 0.05) is 12.8 Å². The molecule has 14 heavy (non-hydrogen) atoms. The quantitative estimate of drug-likeness (QED) is 0.428. The zero-order chi connectivity index (χ0) is 10.9. The van der Waals surface area contributed by atoms with E-state index in [2.05, 4.69) is 6.92 Å². The second-order valence-corrected chi connectivity index (χ2v) is 6.85. The standard InChI is InChI=1S/C11H25O2P/c1-4-6-7-8-9-10-11-13-14(3,12)5-2/h4-11H2,1-3H3. The Hall–Kier alpha value is 0.190. The minimum Gasteiger partial charge on any atom is -0.329 e. The fourth-order valence-electron chi connectivity index (χ4n) is 1.23. The topological polar surface area (TPSA) is 26.3 Å². The van der Waals surface area contributed by atoms with E-state index in [0.29, 0.717) is 12.8 Å². The molecule has 0 aromatic rings. The van der Waals surface area contributed by atoms with E-state index < -0.39 is 7.37 Å². The number of hydrogen-bond donors (Lipinski definition) is 0. The van der Waals surface area contributed by atoms with E-state index in [1.54, 1.807) is 6.66 Å². The molecule has 0 rings (SSSR count). The monoisotopic (exact) mass is 220 g/mol. The van der Waals surface area contributed by atoms with Crippen LogP contribution >= 0.6 is 7.37 Å². The molecule has 3 heteroatoms. The molecular weight excluding hydrogens is 195 g/mol. The summed E-state index contributed by atoms with van der Waals surface area (Å²) in [5.74, 6) is 0. The van der Waals surface area contributed by atoms with E-state index in [9.17, 15) is 4.57 Å². The molecule has 1 atom stereocenters. The van der Waals surface area contributed by atoms with Crippen LogP contribution in [-0.2, 0) is 9.09 Å². The summed E-state index contributed by atoms with van der Waals surface area (Å²) in [6, 6.07) is 0. The van der Waals surface area contributed by atoms with Crippen molar-refractivity contribution in [3.8, 4) is 0 Å². The van der Waals surface area contributed by atoms with Crippen LogP contribution in [0, 0.1) is 0 Å². The molecule has 0 fully saturated rings. The highest BCUT2D eigenvalue weighted by Gasteiger charge is 2.10. The first-order valence-electron chi connectivity index (χ1n) is 5.83. The molecule has 86 valence electrons. The Morgan fingerprint density at radius 2 is 1.57 bits per heavy atom. The Morgan fingerprint density at radius 1 is 1.00 bits per heavy atom. The highest BCUT2D eigenvalue weighted by atomic mass is 31.2. The molecular formula is C11H25O2P. The maximum Gasteiger partial charge on any atom is 0.199 e. The molecule has 1 unspecified atom stereocenters. The lowest BCUT2D eigenvalue weighted by Gasteiger charge is -2.10. The summed E-state index contributed by atoms with van der Waals surface area (Å²) in [6.07, 6.45) is 8.16. The van der Waals surface area contributed by atoms with E-state index in [1.165, 1.54) is 32.1 Å². The van der Waals surface area contributed by atoms with E-state index in [1.807, 2.05) is 6.92 Å². The summed E-state index contributed by atoms with van der Waals surface area (Å²) in [5, 5.41) is 0. The van der Waals surface area contributed by atoms with E-state index in [-0.39, 0.29) is 0 Å². The van der Waals surface area contributed by atoms with Gasteiger partial charge in [0.25, 0.3) is 0 Å². The molecule has 0 aliphatic rings. The normalized spacial score (nSPS) is 15.4. The smallest absolute Gasteiger partial charge is 0.199 e.